The predicted molar refractivity (Wildman–Crippen MR) is 99.8 cm³/mol. The molecule has 26 heavy (non-hydrogen) atoms. The normalized spacial score (nSPS) is 15.2. The number of piperidine rings is 1. The van der Waals surface area contributed by atoms with Crippen LogP contribution in [-0.2, 0) is 4.79 Å². The van der Waals surface area contributed by atoms with Gasteiger partial charge in [-0.1, -0.05) is 24.3 Å². The van der Waals surface area contributed by atoms with Crippen LogP contribution in [0.1, 0.15) is 34.3 Å². The van der Waals surface area contributed by atoms with Crippen molar-refractivity contribution in [2.75, 3.05) is 13.1 Å². The second-order valence-electron chi connectivity index (χ2n) is 6.40. The Morgan fingerprint density at radius 3 is 2.65 bits per heavy atom. The van der Waals surface area contributed by atoms with Crippen molar-refractivity contribution in [2.24, 2.45) is 11.0 Å². The number of carbonyl (C=O) groups is 2. The zero-order valence-corrected chi connectivity index (χ0v) is 14.8. The standard InChI is InChI=1S/C20H22N4O2/c1-15-5-2-3-7-18(15)20(26)24-11-8-17(9-12-24)19(25)23-22-14-16-6-4-10-21-13-16/h2-7,10,13-14,17H,8-9,11-12H2,1H3,(H,23,25)/b22-14-. The van der Waals surface area contributed by atoms with Crippen LogP contribution >= 0.6 is 0 Å². The lowest BCUT2D eigenvalue weighted by Gasteiger charge is -2.31. The Kier molecular flexibility index (Phi) is 5.73. The molecule has 2 aromatic rings. The number of aromatic nitrogens is 1. The van der Waals surface area contributed by atoms with Gasteiger partial charge in [0, 0.05) is 42.5 Å². The molecule has 1 aliphatic heterocycles. The van der Waals surface area contributed by atoms with E-state index in [0.29, 0.717) is 25.9 Å². The van der Waals surface area contributed by atoms with E-state index in [1.54, 1.807) is 18.6 Å². The van der Waals surface area contributed by atoms with Crippen molar-refractivity contribution < 1.29 is 9.59 Å². The van der Waals surface area contributed by atoms with Crippen LogP contribution in [0.15, 0.2) is 53.9 Å². The molecule has 0 bridgehead atoms. The first-order valence-corrected chi connectivity index (χ1v) is 8.73. The average Bonchev–Trinajstić information content (AvgIpc) is 2.69. The van der Waals surface area contributed by atoms with Crippen molar-refractivity contribution in [3.63, 3.8) is 0 Å². The van der Waals surface area contributed by atoms with Crippen LogP contribution in [0.3, 0.4) is 0 Å². The molecule has 0 radical (unpaired) electrons. The van der Waals surface area contributed by atoms with E-state index in [9.17, 15) is 9.59 Å². The summed E-state index contributed by atoms with van der Waals surface area (Å²) in [5.41, 5.74) is 5.12. The summed E-state index contributed by atoms with van der Waals surface area (Å²) in [6.07, 6.45) is 6.22. The maximum atomic E-state index is 12.6. The fraction of sp³-hybridized carbons (Fsp3) is 0.300. The van der Waals surface area contributed by atoms with Gasteiger partial charge in [-0.2, -0.15) is 5.10 Å². The van der Waals surface area contributed by atoms with E-state index < -0.39 is 0 Å². The summed E-state index contributed by atoms with van der Waals surface area (Å²) in [5, 5.41) is 3.98. The molecule has 0 saturated carbocycles. The smallest absolute Gasteiger partial charge is 0.254 e. The minimum atomic E-state index is -0.123. The van der Waals surface area contributed by atoms with E-state index >= 15 is 0 Å². The van der Waals surface area contributed by atoms with Gasteiger partial charge in [0.25, 0.3) is 5.91 Å². The van der Waals surface area contributed by atoms with Crippen molar-refractivity contribution in [1.82, 2.24) is 15.3 Å². The van der Waals surface area contributed by atoms with Gasteiger partial charge in [-0.05, 0) is 37.5 Å². The molecule has 6 nitrogen and oxygen atoms in total. The van der Waals surface area contributed by atoms with Crippen LogP contribution in [-0.4, -0.2) is 41.0 Å². The van der Waals surface area contributed by atoms with Crippen LogP contribution in [0, 0.1) is 12.8 Å². The van der Waals surface area contributed by atoms with Crippen LogP contribution in [0.2, 0.25) is 0 Å². The molecular formula is C20H22N4O2. The van der Waals surface area contributed by atoms with Crippen molar-refractivity contribution in [2.45, 2.75) is 19.8 Å². The predicted octanol–water partition coefficient (Wildman–Crippen LogP) is 2.39. The molecule has 1 aliphatic rings. The molecule has 6 heteroatoms. The highest BCUT2D eigenvalue weighted by molar-refractivity contribution is 5.95. The van der Waals surface area contributed by atoms with Crippen molar-refractivity contribution in [1.29, 1.82) is 0 Å². The zero-order valence-electron chi connectivity index (χ0n) is 14.8. The lowest BCUT2D eigenvalue weighted by atomic mass is 9.95. The van der Waals surface area contributed by atoms with Gasteiger partial charge >= 0.3 is 0 Å². The van der Waals surface area contributed by atoms with Gasteiger partial charge in [0.15, 0.2) is 0 Å². The van der Waals surface area contributed by atoms with E-state index in [1.807, 2.05) is 48.2 Å². The van der Waals surface area contributed by atoms with Crippen molar-refractivity contribution >= 4 is 18.0 Å². The number of benzene rings is 1. The van der Waals surface area contributed by atoms with Crippen LogP contribution < -0.4 is 5.43 Å². The largest absolute Gasteiger partial charge is 0.339 e. The lowest BCUT2D eigenvalue weighted by Crippen LogP contribution is -2.42. The Morgan fingerprint density at radius 2 is 1.96 bits per heavy atom. The quantitative estimate of drug-likeness (QED) is 0.680. The average molecular weight is 350 g/mol. The second kappa shape index (κ2) is 8.38. The second-order valence-corrected chi connectivity index (χ2v) is 6.40. The molecule has 0 atom stereocenters. The molecule has 134 valence electrons. The first-order valence-electron chi connectivity index (χ1n) is 8.73. The highest BCUT2D eigenvalue weighted by atomic mass is 16.2. The van der Waals surface area contributed by atoms with E-state index in [2.05, 4.69) is 15.5 Å². The Balaban J connectivity index is 1.50. The van der Waals surface area contributed by atoms with Gasteiger partial charge in [0.2, 0.25) is 5.91 Å². The summed E-state index contributed by atoms with van der Waals surface area (Å²) in [4.78, 5) is 30.7. The minimum absolute atomic E-state index is 0.0385. The van der Waals surface area contributed by atoms with Gasteiger partial charge in [-0.15, -0.1) is 0 Å². The summed E-state index contributed by atoms with van der Waals surface area (Å²) in [6, 6.07) is 11.3. The number of amides is 2. The third-order valence-electron chi connectivity index (χ3n) is 4.60. The molecule has 1 saturated heterocycles. The molecule has 1 N–H and O–H groups in total. The topological polar surface area (TPSA) is 74.7 Å². The molecule has 1 aromatic carbocycles. The summed E-state index contributed by atoms with van der Waals surface area (Å²) in [6.45, 7) is 3.10. The first-order chi connectivity index (χ1) is 12.6. The van der Waals surface area contributed by atoms with Gasteiger partial charge in [-0.25, -0.2) is 5.43 Å². The minimum Gasteiger partial charge on any atom is -0.339 e. The SMILES string of the molecule is Cc1ccccc1C(=O)N1CCC(C(=O)N/N=C\c2cccnc2)CC1. The van der Waals surface area contributed by atoms with E-state index in [-0.39, 0.29) is 17.7 Å². The van der Waals surface area contributed by atoms with Crippen LogP contribution in [0.25, 0.3) is 0 Å². The molecule has 1 aromatic heterocycles. The number of nitrogens with zero attached hydrogens (tertiary/aromatic N) is 3. The van der Waals surface area contributed by atoms with E-state index in [4.69, 9.17) is 0 Å². The van der Waals surface area contributed by atoms with Gasteiger partial charge in [0.05, 0.1) is 6.21 Å². The number of hydrogen-bond acceptors (Lipinski definition) is 4. The number of carbonyl (C=O) groups excluding carboxylic acids is 2. The number of hydrazone groups is 1. The Bertz CT molecular complexity index is 796. The third kappa shape index (κ3) is 4.33. The number of aryl methyl sites for hydroxylation is 1. The van der Waals surface area contributed by atoms with Gasteiger partial charge in [-0.3, -0.25) is 14.6 Å². The maximum absolute atomic E-state index is 12.6. The van der Waals surface area contributed by atoms with Crippen LogP contribution in [0.5, 0.6) is 0 Å². The zero-order chi connectivity index (χ0) is 18.4. The first kappa shape index (κ1) is 17.8. The van der Waals surface area contributed by atoms with Crippen molar-refractivity contribution in [3.05, 3.63) is 65.5 Å². The Hall–Kier alpha value is -3.02. The fourth-order valence-electron chi connectivity index (χ4n) is 3.04. The van der Waals surface area contributed by atoms with Crippen molar-refractivity contribution in [3.8, 4) is 0 Å². The van der Waals surface area contributed by atoms with E-state index in [0.717, 1.165) is 16.7 Å². The molecule has 1 fully saturated rings. The number of pyridine rings is 1. The summed E-state index contributed by atoms with van der Waals surface area (Å²) >= 11 is 0. The monoisotopic (exact) mass is 350 g/mol. The summed E-state index contributed by atoms with van der Waals surface area (Å²) < 4.78 is 0. The van der Waals surface area contributed by atoms with E-state index in [1.165, 1.54) is 0 Å². The lowest BCUT2D eigenvalue weighted by molar-refractivity contribution is -0.126. The van der Waals surface area contributed by atoms with Gasteiger partial charge < -0.3 is 4.90 Å². The third-order valence-corrected chi connectivity index (χ3v) is 4.60. The molecule has 3 rings (SSSR count). The van der Waals surface area contributed by atoms with Crippen LogP contribution in [0.4, 0.5) is 0 Å². The molecule has 0 spiro atoms. The molecule has 0 aliphatic carbocycles. The molecule has 0 unspecified atom stereocenters. The summed E-state index contributed by atoms with van der Waals surface area (Å²) in [7, 11) is 0. The summed E-state index contributed by atoms with van der Waals surface area (Å²) in [5.74, 6) is -0.188. The number of rotatable bonds is 4. The number of hydrogen-bond donors (Lipinski definition) is 1. The number of nitrogens with one attached hydrogen (secondary N) is 1. The maximum Gasteiger partial charge on any atom is 0.254 e. The molecular weight excluding hydrogens is 328 g/mol. The fourth-order valence-corrected chi connectivity index (χ4v) is 3.04. The van der Waals surface area contributed by atoms with Gasteiger partial charge in [0.1, 0.15) is 0 Å². The molecule has 2 amide bonds. The number of likely N-dealkylation sites (tertiary alicyclic amines) is 1. The molecule has 2 heterocycles. The highest BCUT2D eigenvalue weighted by Crippen LogP contribution is 2.20. The highest BCUT2D eigenvalue weighted by Gasteiger charge is 2.28. The Morgan fingerprint density at radius 1 is 1.19 bits per heavy atom. The Labute approximate surface area is 152 Å².